The summed E-state index contributed by atoms with van der Waals surface area (Å²) in [5, 5.41) is 5.33. The Labute approximate surface area is 340 Å². The van der Waals surface area contributed by atoms with E-state index in [1.165, 1.54) is 102 Å². The van der Waals surface area contributed by atoms with Crippen molar-refractivity contribution >= 4 is 74.4 Å². The number of hydrogen-bond acceptors (Lipinski definition) is 3. The zero-order valence-electron chi connectivity index (χ0n) is 31.4. The average molecular weight is 764 g/mol. The van der Waals surface area contributed by atoms with Gasteiger partial charge in [0.05, 0.1) is 0 Å². The molecule has 3 aliphatic rings. The van der Waals surface area contributed by atoms with Crippen LogP contribution in [-0.2, 0) is 0 Å². The van der Waals surface area contributed by atoms with E-state index in [1.807, 2.05) is 22.7 Å². The third-order valence-corrected chi connectivity index (χ3v) is 14.8. The fourth-order valence-electron chi connectivity index (χ4n) is 9.76. The monoisotopic (exact) mass is 763 g/mol. The van der Waals surface area contributed by atoms with Gasteiger partial charge in [-0.2, -0.15) is 0 Å². The van der Waals surface area contributed by atoms with E-state index in [-0.39, 0.29) is 5.92 Å². The van der Waals surface area contributed by atoms with Crippen molar-refractivity contribution in [1.29, 1.82) is 0 Å². The van der Waals surface area contributed by atoms with Crippen LogP contribution in [0.15, 0.2) is 199 Å². The predicted molar refractivity (Wildman–Crippen MR) is 246 cm³/mol. The molecular weight excluding hydrogens is 727 g/mol. The molecule has 3 heteroatoms. The first kappa shape index (κ1) is 32.9. The van der Waals surface area contributed by atoms with Crippen molar-refractivity contribution < 1.29 is 0 Å². The van der Waals surface area contributed by atoms with E-state index in [0.29, 0.717) is 11.8 Å². The van der Waals surface area contributed by atoms with Crippen LogP contribution in [0.25, 0.3) is 62.6 Å². The summed E-state index contributed by atoms with van der Waals surface area (Å²) < 4.78 is 5.33. The van der Waals surface area contributed by atoms with Crippen LogP contribution in [0.1, 0.15) is 29.5 Å². The smallest absolute Gasteiger partial charge is 0.0473 e. The molecule has 2 heterocycles. The van der Waals surface area contributed by atoms with Gasteiger partial charge in [-0.25, -0.2) is 0 Å². The highest BCUT2D eigenvalue weighted by Gasteiger charge is 2.34. The highest BCUT2D eigenvalue weighted by molar-refractivity contribution is 7.26. The summed E-state index contributed by atoms with van der Waals surface area (Å²) in [4.78, 5) is 2.55. The van der Waals surface area contributed by atoms with Crippen LogP contribution in [0.4, 0.5) is 11.4 Å². The lowest BCUT2D eigenvalue weighted by molar-refractivity contribution is 0.542. The molecule has 12 rings (SSSR count). The van der Waals surface area contributed by atoms with Gasteiger partial charge < -0.3 is 4.90 Å². The number of allylic oxidation sites excluding steroid dienone is 8. The van der Waals surface area contributed by atoms with Crippen LogP contribution in [0.2, 0.25) is 0 Å². The van der Waals surface area contributed by atoms with Crippen molar-refractivity contribution in [1.82, 2.24) is 0 Å². The first-order valence-corrected chi connectivity index (χ1v) is 21.5. The first-order chi connectivity index (χ1) is 28.2. The maximum atomic E-state index is 2.55. The molecule has 0 radical (unpaired) electrons. The van der Waals surface area contributed by atoms with Crippen molar-refractivity contribution in [3.05, 3.63) is 216 Å². The zero-order valence-corrected chi connectivity index (χ0v) is 33.0. The summed E-state index contributed by atoms with van der Waals surface area (Å²) >= 11 is 3.76. The van der Waals surface area contributed by atoms with Gasteiger partial charge in [0.2, 0.25) is 0 Å². The van der Waals surface area contributed by atoms with Gasteiger partial charge in [0.25, 0.3) is 0 Å². The molecule has 3 unspecified atom stereocenters. The summed E-state index contributed by atoms with van der Waals surface area (Å²) in [6, 6.07) is 57.2. The summed E-state index contributed by atoms with van der Waals surface area (Å²) in [5.41, 5.74) is 14.3. The summed E-state index contributed by atoms with van der Waals surface area (Å²) in [6.45, 7) is 2.39. The van der Waals surface area contributed by atoms with Gasteiger partial charge in [0, 0.05) is 75.2 Å². The molecule has 0 aliphatic heterocycles. The SMILES string of the molecule is CC1C(N(c2ccc3c(c2)C(c2ccccc2)c2ccc(-c4ccc5sc6ccccc6c5c4)cc2-3)c2ccc3c(c2)sc2ccccc23)=CC=C2C=CC=CC21. The van der Waals surface area contributed by atoms with Crippen molar-refractivity contribution in [3.63, 3.8) is 0 Å². The van der Waals surface area contributed by atoms with E-state index < -0.39 is 0 Å². The third-order valence-electron chi connectivity index (χ3n) is 12.5. The maximum absolute atomic E-state index is 2.55. The maximum Gasteiger partial charge on any atom is 0.0473 e. The Bertz CT molecular complexity index is 3220. The van der Waals surface area contributed by atoms with Crippen LogP contribution < -0.4 is 4.90 Å². The number of rotatable bonds is 5. The first-order valence-electron chi connectivity index (χ1n) is 19.9. The Morgan fingerprint density at radius 3 is 2.04 bits per heavy atom. The van der Waals surface area contributed by atoms with Crippen molar-refractivity contribution in [2.24, 2.45) is 11.8 Å². The normalized spacial score (nSPS) is 18.2. The molecule has 0 bridgehead atoms. The van der Waals surface area contributed by atoms with Crippen LogP contribution in [-0.4, -0.2) is 0 Å². The van der Waals surface area contributed by atoms with Crippen molar-refractivity contribution in [3.8, 4) is 22.3 Å². The molecule has 0 saturated heterocycles. The number of benzene rings is 7. The second kappa shape index (κ2) is 12.9. The van der Waals surface area contributed by atoms with E-state index in [1.54, 1.807) is 0 Å². The predicted octanol–water partition coefficient (Wildman–Crippen LogP) is 15.6. The molecule has 3 atom stereocenters. The van der Waals surface area contributed by atoms with Crippen LogP contribution >= 0.6 is 22.7 Å². The second-order valence-electron chi connectivity index (χ2n) is 15.7. The lowest BCUT2D eigenvalue weighted by Gasteiger charge is -2.37. The minimum Gasteiger partial charge on any atom is -0.314 e. The Hall–Kier alpha value is -6.26. The number of hydrogen-bond donors (Lipinski definition) is 0. The topological polar surface area (TPSA) is 3.24 Å². The van der Waals surface area contributed by atoms with Crippen LogP contribution in [0, 0.1) is 11.8 Å². The summed E-state index contributed by atoms with van der Waals surface area (Å²) in [7, 11) is 0. The van der Waals surface area contributed by atoms with E-state index in [4.69, 9.17) is 0 Å². The Balaban J connectivity index is 1.03. The zero-order chi connectivity index (χ0) is 37.6. The molecule has 2 aromatic heterocycles. The summed E-state index contributed by atoms with van der Waals surface area (Å²) in [5.74, 6) is 0.766. The molecule has 0 saturated carbocycles. The second-order valence-corrected chi connectivity index (χ2v) is 17.8. The number of thiophene rings is 2. The molecule has 1 nitrogen and oxygen atoms in total. The van der Waals surface area contributed by atoms with E-state index >= 15 is 0 Å². The molecule has 0 spiro atoms. The molecule has 9 aromatic rings. The number of fused-ring (bicyclic) bond motifs is 10. The summed E-state index contributed by atoms with van der Waals surface area (Å²) in [6.07, 6.45) is 13.7. The van der Waals surface area contributed by atoms with E-state index in [2.05, 4.69) is 200 Å². The van der Waals surface area contributed by atoms with Gasteiger partial charge in [0.1, 0.15) is 0 Å². The van der Waals surface area contributed by atoms with Crippen LogP contribution in [0.5, 0.6) is 0 Å². The van der Waals surface area contributed by atoms with Gasteiger partial charge >= 0.3 is 0 Å². The third kappa shape index (κ3) is 5.19. The average Bonchev–Trinajstić information content (AvgIpc) is 3.93. The van der Waals surface area contributed by atoms with Crippen molar-refractivity contribution in [2.75, 3.05) is 4.90 Å². The van der Waals surface area contributed by atoms with Crippen LogP contribution in [0.3, 0.4) is 0 Å². The lowest BCUT2D eigenvalue weighted by atomic mass is 9.78. The molecule has 0 amide bonds. The molecule has 0 fully saturated rings. The number of nitrogens with zero attached hydrogens (tertiary/aromatic N) is 1. The minimum absolute atomic E-state index is 0.135. The molecule has 270 valence electrons. The van der Waals surface area contributed by atoms with Gasteiger partial charge in [-0.05, 0) is 105 Å². The van der Waals surface area contributed by atoms with Gasteiger partial charge in [-0.3, -0.25) is 0 Å². The molecule has 7 aromatic carbocycles. The highest BCUT2D eigenvalue weighted by atomic mass is 32.1. The fourth-order valence-corrected chi connectivity index (χ4v) is 12.0. The highest BCUT2D eigenvalue weighted by Crippen LogP contribution is 2.52. The van der Waals surface area contributed by atoms with E-state index in [0.717, 1.165) is 0 Å². The Morgan fingerprint density at radius 1 is 0.491 bits per heavy atom. The Kier molecular flexibility index (Phi) is 7.45. The van der Waals surface area contributed by atoms with Gasteiger partial charge in [-0.1, -0.05) is 134 Å². The van der Waals surface area contributed by atoms with Gasteiger partial charge in [0.15, 0.2) is 0 Å². The standard InChI is InChI=1S/C54H37NS2/c1-33-40-14-6-5-11-34(40)20-27-49(33)55(39-23-26-44-42-15-7-9-17-50(42)57-53(44)32-39)38-22-25-41-46-29-36(19-24-45(46)54(48(41)31-38)35-12-3-2-4-13-35)37-21-28-52-47(30-37)43-16-8-10-18-51(43)56-52/h2-33,40,54H,1H3. The largest absolute Gasteiger partial charge is 0.314 e. The Morgan fingerprint density at radius 2 is 1.18 bits per heavy atom. The number of anilines is 2. The quantitative estimate of drug-likeness (QED) is 0.169. The fraction of sp³-hybridized carbons (Fsp3) is 0.0741. The molecule has 0 N–H and O–H groups in total. The van der Waals surface area contributed by atoms with E-state index in [9.17, 15) is 0 Å². The lowest BCUT2D eigenvalue weighted by Crippen LogP contribution is -2.28. The van der Waals surface area contributed by atoms with Gasteiger partial charge in [-0.15, -0.1) is 22.7 Å². The molecular formula is C54H37NS2. The van der Waals surface area contributed by atoms with Crippen molar-refractivity contribution in [2.45, 2.75) is 12.8 Å². The molecule has 3 aliphatic carbocycles. The molecule has 57 heavy (non-hydrogen) atoms. The minimum atomic E-state index is 0.135.